The fraction of sp³-hybridized carbons (Fsp3) is 0.500. The molecule has 0 aliphatic rings. The molecule has 0 heterocycles. The van der Waals surface area contributed by atoms with Crippen molar-refractivity contribution in [2.24, 2.45) is 11.7 Å². The van der Waals surface area contributed by atoms with Gasteiger partial charge in [0.1, 0.15) is 5.82 Å². The first-order valence-corrected chi connectivity index (χ1v) is 5.23. The third kappa shape index (κ3) is 3.20. The molecule has 0 fully saturated rings. The van der Waals surface area contributed by atoms with Crippen molar-refractivity contribution in [2.75, 3.05) is 18.5 Å². The van der Waals surface area contributed by atoms with Crippen LogP contribution < -0.4 is 10.6 Å². The topological polar surface area (TPSA) is 29.3 Å². The van der Waals surface area contributed by atoms with Crippen LogP contribution in [-0.2, 0) is 0 Å². The minimum absolute atomic E-state index is 0.124. The molecule has 0 aromatic heterocycles. The molecule has 0 spiro atoms. The van der Waals surface area contributed by atoms with Crippen LogP contribution in [-0.4, -0.2) is 19.6 Å². The van der Waals surface area contributed by atoms with E-state index in [4.69, 9.17) is 5.73 Å². The minimum atomic E-state index is -0.183. The standard InChI is InChI=1S/C12H19FN2/c1-9(10(2)14)8-15(3)12-7-5-4-6-11(12)13/h4-7,9-10H,8,14H2,1-3H3. The van der Waals surface area contributed by atoms with Crippen LogP contribution in [0.4, 0.5) is 10.1 Å². The molecular weight excluding hydrogens is 191 g/mol. The zero-order valence-electron chi connectivity index (χ0n) is 9.57. The lowest BCUT2D eigenvalue weighted by Crippen LogP contribution is -2.34. The van der Waals surface area contributed by atoms with E-state index in [9.17, 15) is 4.39 Å². The van der Waals surface area contributed by atoms with Crippen molar-refractivity contribution in [2.45, 2.75) is 19.9 Å². The predicted octanol–water partition coefficient (Wildman–Crippen LogP) is 2.25. The monoisotopic (exact) mass is 210 g/mol. The molecule has 3 heteroatoms. The normalized spacial score (nSPS) is 14.7. The maximum atomic E-state index is 13.4. The van der Waals surface area contributed by atoms with Crippen LogP contribution in [0, 0.1) is 11.7 Å². The highest BCUT2D eigenvalue weighted by Crippen LogP contribution is 2.18. The second kappa shape index (κ2) is 5.12. The maximum absolute atomic E-state index is 13.4. The van der Waals surface area contributed by atoms with Crippen LogP contribution >= 0.6 is 0 Å². The summed E-state index contributed by atoms with van der Waals surface area (Å²) in [5.74, 6) is 0.159. The van der Waals surface area contributed by atoms with E-state index in [-0.39, 0.29) is 11.9 Å². The molecule has 2 nitrogen and oxygen atoms in total. The molecule has 0 amide bonds. The van der Waals surface area contributed by atoms with Gasteiger partial charge in [0.05, 0.1) is 5.69 Å². The van der Waals surface area contributed by atoms with Gasteiger partial charge in [-0.3, -0.25) is 0 Å². The summed E-state index contributed by atoms with van der Waals surface area (Å²) in [5, 5.41) is 0. The van der Waals surface area contributed by atoms with E-state index in [2.05, 4.69) is 6.92 Å². The second-order valence-corrected chi connectivity index (χ2v) is 4.17. The minimum Gasteiger partial charge on any atom is -0.372 e. The summed E-state index contributed by atoms with van der Waals surface area (Å²) in [6.45, 7) is 4.81. The summed E-state index contributed by atoms with van der Waals surface area (Å²) in [6.07, 6.45) is 0. The lowest BCUT2D eigenvalue weighted by molar-refractivity contribution is 0.482. The fourth-order valence-corrected chi connectivity index (χ4v) is 1.46. The molecule has 0 saturated heterocycles. The van der Waals surface area contributed by atoms with Gasteiger partial charge >= 0.3 is 0 Å². The fourth-order valence-electron chi connectivity index (χ4n) is 1.46. The first kappa shape index (κ1) is 12.0. The summed E-state index contributed by atoms with van der Waals surface area (Å²) < 4.78 is 13.4. The van der Waals surface area contributed by atoms with Crippen molar-refractivity contribution in [3.05, 3.63) is 30.1 Å². The number of halogens is 1. The Hall–Kier alpha value is -1.09. The number of hydrogen-bond donors (Lipinski definition) is 1. The van der Waals surface area contributed by atoms with Gasteiger partial charge in [-0.25, -0.2) is 4.39 Å². The molecule has 0 aliphatic heterocycles. The van der Waals surface area contributed by atoms with Gasteiger partial charge in [-0.1, -0.05) is 19.1 Å². The van der Waals surface area contributed by atoms with Gasteiger partial charge < -0.3 is 10.6 Å². The number of hydrogen-bond acceptors (Lipinski definition) is 2. The largest absolute Gasteiger partial charge is 0.372 e. The first-order valence-electron chi connectivity index (χ1n) is 5.23. The Morgan fingerprint density at radius 2 is 1.93 bits per heavy atom. The average Bonchev–Trinajstić information content (AvgIpc) is 2.18. The number of rotatable bonds is 4. The predicted molar refractivity (Wildman–Crippen MR) is 62.5 cm³/mol. The third-order valence-corrected chi connectivity index (χ3v) is 2.72. The van der Waals surface area contributed by atoms with Crippen LogP contribution in [0.15, 0.2) is 24.3 Å². The molecule has 1 aromatic carbocycles. The van der Waals surface area contributed by atoms with Gasteiger partial charge in [0, 0.05) is 19.6 Å². The Kier molecular flexibility index (Phi) is 4.09. The lowest BCUT2D eigenvalue weighted by Gasteiger charge is -2.25. The van der Waals surface area contributed by atoms with Crippen molar-refractivity contribution in [1.29, 1.82) is 0 Å². The van der Waals surface area contributed by atoms with E-state index in [0.717, 1.165) is 6.54 Å². The lowest BCUT2D eigenvalue weighted by atomic mass is 10.0. The van der Waals surface area contributed by atoms with E-state index in [1.807, 2.05) is 24.9 Å². The maximum Gasteiger partial charge on any atom is 0.146 e. The molecule has 2 unspecified atom stereocenters. The molecule has 84 valence electrons. The van der Waals surface area contributed by atoms with Gasteiger partial charge in [-0.05, 0) is 25.0 Å². The molecule has 2 atom stereocenters. The van der Waals surface area contributed by atoms with Crippen LogP contribution in [0.5, 0.6) is 0 Å². The third-order valence-electron chi connectivity index (χ3n) is 2.72. The van der Waals surface area contributed by atoms with E-state index in [1.54, 1.807) is 12.1 Å². The summed E-state index contributed by atoms with van der Waals surface area (Å²) in [4.78, 5) is 1.91. The summed E-state index contributed by atoms with van der Waals surface area (Å²) in [7, 11) is 1.89. The number of para-hydroxylation sites is 1. The highest BCUT2D eigenvalue weighted by Gasteiger charge is 2.13. The highest BCUT2D eigenvalue weighted by atomic mass is 19.1. The molecule has 0 radical (unpaired) electrons. The van der Waals surface area contributed by atoms with Crippen LogP contribution in [0.2, 0.25) is 0 Å². The Morgan fingerprint density at radius 1 is 1.33 bits per heavy atom. The van der Waals surface area contributed by atoms with Gasteiger partial charge in [0.25, 0.3) is 0 Å². The Bertz CT molecular complexity index is 312. The Labute approximate surface area is 90.9 Å². The molecule has 1 aromatic rings. The van der Waals surface area contributed by atoms with E-state index in [0.29, 0.717) is 11.6 Å². The number of nitrogens with two attached hydrogens (primary N) is 1. The van der Waals surface area contributed by atoms with Gasteiger partial charge in [0.15, 0.2) is 0 Å². The van der Waals surface area contributed by atoms with E-state index < -0.39 is 0 Å². The van der Waals surface area contributed by atoms with Crippen molar-refractivity contribution in [1.82, 2.24) is 0 Å². The van der Waals surface area contributed by atoms with Gasteiger partial charge in [-0.2, -0.15) is 0 Å². The van der Waals surface area contributed by atoms with Crippen LogP contribution in [0.25, 0.3) is 0 Å². The molecule has 0 aliphatic carbocycles. The molecule has 0 bridgehead atoms. The van der Waals surface area contributed by atoms with Gasteiger partial charge in [0.2, 0.25) is 0 Å². The van der Waals surface area contributed by atoms with E-state index >= 15 is 0 Å². The summed E-state index contributed by atoms with van der Waals surface area (Å²) >= 11 is 0. The molecule has 2 N–H and O–H groups in total. The zero-order valence-corrected chi connectivity index (χ0v) is 9.57. The number of nitrogens with zero attached hydrogens (tertiary/aromatic N) is 1. The number of anilines is 1. The zero-order chi connectivity index (χ0) is 11.4. The van der Waals surface area contributed by atoms with E-state index in [1.165, 1.54) is 6.07 Å². The van der Waals surface area contributed by atoms with Gasteiger partial charge in [-0.15, -0.1) is 0 Å². The average molecular weight is 210 g/mol. The molecular formula is C12H19FN2. The van der Waals surface area contributed by atoms with Crippen LogP contribution in [0.3, 0.4) is 0 Å². The van der Waals surface area contributed by atoms with Crippen LogP contribution in [0.1, 0.15) is 13.8 Å². The quantitative estimate of drug-likeness (QED) is 0.825. The summed E-state index contributed by atoms with van der Waals surface area (Å²) in [5.41, 5.74) is 6.41. The van der Waals surface area contributed by atoms with Crippen molar-refractivity contribution >= 4 is 5.69 Å². The number of benzene rings is 1. The molecule has 15 heavy (non-hydrogen) atoms. The van der Waals surface area contributed by atoms with Crippen molar-refractivity contribution in [3.63, 3.8) is 0 Å². The van der Waals surface area contributed by atoms with Crippen molar-refractivity contribution in [3.8, 4) is 0 Å². The smallest absolute Gasteiger partial charge is 0.146 e. The Balaban J connectivity index is 2.69. The second-order valence-electron chi connectivity index (χ2n) is 4.17. The molecule has 1 rings (SSSR count). The first-order chi connectivity index (χ1) is 7.02. The highest BCUT2D eigenvalue weighted by molar-refractivity contribution is 5.46. The van der Waals surface area contributed by atoms with Crippen molar-refractivity contribution < 1.29 is 4.39 Å². The SMILES string of the molecule is CC(N)C(C)CN(C)c1ccccc1F. The summed E-state index contributed by atoms with van der Waals surface area (Å²) in [6, 6.07) is 6.91. The molecule has 0 saturated carbocycles. The Morgan fingerprint density at radius 3 is 2.47 bits per heavy atom.